The van der Waals surface area contributed by atoms with Gasteiger partial charge in [-0.1, -0.05) is 49.7 Å². The molecule has 3 aromatic rings. The Kier molecular flexibility index (Phi) is 4.60. The van der Waals surface area contributed by atoms with Crippen LogP contribution < -0.4 is 4.57 Å². The fourth-order valence-corrected chi connectivity index (χ4v) is 3.41. The summed E-state index contributed by atoms with van der Waals surface area (Å²) in [5.74, 6) is 0. The lowest BCUT2D eigenvalue weighted by atomic mass is 10.1. The van der Waals surface area contributed by atoms with Crippen molar-refractivity contribution in [3.8, 4) is 0 Å². The van der Waals surface area contributed by atoms with Gasteiger partial charge in [-0.25, -0.2) is 0 Å². The van der Waals surface area contributed by atoms with Crippen LogP contribution in [0.15, 0.2) is 48.5 Å². The summed E-state index contributed by atoms with van der Waals surface area (Å²) in [4.78, 5) is 2.45. The largest absolute Gasteiger partial charge is 0.298 e. The molecule has 0 saturated carbocycles. The first-order valence-corrected chi connectivity index (χ1v) is 8.35. The second-order valence-corrected chi connectivity index (χ2v) is 5.90. The third-order valence-electron chi connectivity index (χ3n) is 4.40. The standard InChI is InChI=1S/C19H22ClN2/c1-3-21(4-2)13-14-22-17-11-7-5-9-15(17)19(20)16-10-6-8-12-18(16)22/h5-12H,3-4,13-14H2,1-2H3/q+1. The minimum Gasteiger partial charge on any atom is -0.298 e. The van der Waals surface area contributed by atoms with Gasteiger partial charge in [-0.2, -0.15) is 4.57 Å². The van der Waals surface area contributed by atoms with Crippen molar-refractivity contribution in [2.75, 3.05) is 19.6 Å². The molecular formula is C19H22ClN2+. The van der Waals surface area contributed by atoms with E-state index >= 15 is 0 Å². The highest BCUT2D eigenvalue weighted by atomic mass is 35.5. The van der Waals surface area contributed by atoms with Gasteiger partial charge in [0.2, 0.25) is 11.0 Å². The normalized spacial score (nSPS) is 11.6. The van der Waals surface area contributed by atoms with Crippen molar-refractivity contribution in [1.82, 2.24) is 4.90 Å². The molecule has 0 amide bonds. The molecular weight excluding hydrogens is 292 g/mol. The maximum atomic E-state index is 6.64. The summed E-state index contributed by atoms with van der Waals surface area (Å²) in [6.07, 6.45) is 0. The Labute approximate surface area is 136 Å². The molecule has 0 spiro atoms. The van der Waals surface area contributed by atoms with Crippen LogP contribution in [-0.4, -0.2) is 24.5 Å². The van der Waals surface area contributed by atoms with Crippen molar-refractivity contribution in [1.29, 1.82) is 0 Å². The molecule has 3 heteroatoms. The van der Waals surface area contributed by atoms with Gasteiger partial charge in [-0.05, 0) is 25.2 Å². The van der Waals surface area contributed by atoms with E-state index in [2.05, 4.69) is 71.8 Å². The van der Waals surface area contributed by atoms with E-state index in [-0.39, 0.29) is 0 Å². The fourth-order valence-electron chi connectivity index (χ4n) is 3.09. The first-order valence-electron chi connectivity index (χ1n) is 7.97. The van der Waals surface area contributed by atoms with E-state index in [1.165, 1.54) is 11.0 Å². The van der Waals surface area contributed by atoms with Crippen LogP contribution >= 0.6 is 11.6 Å². The van der Waals surface area contributed by atoms with Gasteiger partial charge >= 0.3 is 0 Å². The average Bonchev–Trinajstić information content (AvgIpc) is 2.58. The summed E-state index contributed by atoms with van der Waals surface area (Å²) in [5, 5.41) is 3.11. The Hall–Kier alpha value is -1.64. The van der Waals surface area contributed by atoms with Gasteiger partial charge in [0.25, 0.3) is 0 Å². The van der Waals surface area contributed by atoms with Crippen molar-refractivity contribution in [2.45, 2.75) is 20.4 Å². The van der Waals surface area contributed by atoms with Crippen LogP contribution in [-0.2, 0) is 6.54 Å². The number of hydrogen-bond donors (Lipinski definition) is 0. The number of nitrogens with zero attached hydrogens (tertiary/aromatic N) is 2. The van der Waals surface area contributed by atoms with Crippen LogP contribution in [0.4, 0.5) is 0 Å². The number of para-hydroxylation sites is 2. The summed E-state index contributed by atoms with van der Waals surface area (Å²) in [6.45, 7) is 8.62. The number of fused-ring (bicyclic) bond motifs is 2. The first kappa shape index (κ1) is 15.3. The van der Waals surface area contributed by atoms with Crippen molar-refractivity contribution in [3.05, 3.63) is 53.6 Å². The summed E-state index contributed by atoms with van der Waals surface area (Å²) in [7, 11) is 0. The van der Waals surface area contributed by atoms with E-state index in [1.54, 1.807) is 0 Å². The molecule has 0 fully saturated rings. The third-order valence-corrected chi connectivity index (χ3v) is 4.80. The Morgan fingerprint density at radius 2 is 1.36 bits per heavy atom. The van der Waals surface area contributed by atoms with Gasteiger partial charge in [0, 0.05) is 12.1 Å². The number of hydrogen-bond acceptors (Lipinski definition) is 1. The summed E-state index contributed by atoms with van der Waals surface area (Å²) < 4.78 is 2.40. The molecule has 0 radical (unpaired) electrons. The molecule has 0 atom stereocenters. The summed E-state index contributed by atoms with van der Waals surface area (Å²) >= 11 is 6.64. The molecule has 0 aliphatic rings. The zero-order valence-electron chi connectivity index (χ0n) is 13.2. The smallest absolute Gasteiger partial charge is 0.214 e. The maximum Gasteiger partial charge on any atom is 0.214 e. The Morgan fingerprint density at radius 1 is 0.864 bits per heavy atom. The Balaban J connectivity index is 2.18. The first-order chi connectivity index (χ1) is 10.8. The third kappa shape index (κ3) is 2.69. The van der Waals surface area contributed by atoms with E-state index in [9.17, 15) is 0 Å². The Bertz CT molecular complexity index is 737. The summed E-state index contributed by atoms with van der Waals surface area (Å²) in [5.41, 5.74) is 2.41. The zero-order valence-corrected chi connectivity index (χ0v) is 14.0. The molecule has 114 valence electrons. The molecule has 2 aromatic carbocycles. The van der Waals surface area contributed by atoms with Crippen LogP contribution in [0.25, 0.3) is 21.8 Å². The number of rotatable bonds is 5. The van der Waals surface area contributed by atoms with E-state index in [0.29, 0.717) is 0 Å². The highest BCUT2D eigenvalue weighted by Crippen LogP contribution is 2.28. The molecule has 22 heavy (non-hydrogen) atoms. The van der Waals surface area contributed by atoms with Crippen molar-refractivity contribution >= 4 is 33.4 Å². The van der Waals surface area contributed by atoms with Gasteiger partial charge < -0.3 is 0 Å². The molecule has 3 rings (SSSR count). The van der Waals surface area contributed by atoms with E-state index in [1.807, 2.05) is 0 Å². The molecule has 0 aliphatic heterocycles. The number of benzene rings is 2. The van der Waals surface area contributed by atoms with Crippen LogP contribution in [0.2, 0.25) is 5.02 Å². The molecule has 0 unspecified atom stereocenters. The second-order valence-electron chi connectivity index (χ2n) is 5.53. The summed E-state index contributed by atoms with van der Waals surface area (Å²) in [6, 6.07) is 16.8. The van der Waals surface area contributed by atoms with E-state index in [0.717, 1.165) is 42.0 Å². The molecule has 0 saturated heterocycles. The lowest BCUT2D eigenvalue weighted by molar-refractivity contribution is -0.645. The monoisotopic (exact) mass is 313 g/mol. The van der Waals surface area contributed by atoms with E-state index < -0.39 is 0 Å². The number of likely N-dealkylation sites (N-methyl/N-ethyl adjacent to an activating group) is 1. The zero-order chi connectivity index (χ0) is 15.5. The van der Waals surface area contributed by atoms with Crippen LogP contribution in [0.5, 0.6) is 0 Å². The minimum absolute atomic E-state index is 0.852. The number of aromatic nitrogens is 1. The molecule has 1 heterocycles. The van der Waals surface area contributed by atoms with Crippen molar-refractivity contribution in [3.63, 3.8) is 0 Å². The number of halogens is 1. The van der Waals surface area contributed by atoms with Gasteiger partial charge in [-0.15, -0.1) is 0 Å². The highest BCUT2D eigenvalue weighted by molar-refractivity contribution is 6.39. The predicted molar refractivity (Wildman–Crippen MR) is 94.4 cm³/mol. The second kappa shape index (κ2) is 6.64. The molecule has 2 nitrogen and oxygen atoms in total. The topological polar surface area (TPSA) is 7.12 Å². The van der Waals surface area contributed by atoms with Crippen molar-refractivity contribution in [2.24, 2.45) is 0 Å². The van der Waals surface area contributed by atoms with Gasteiger partial charge in [-0.3, -0.25) is 4.90 Å². The molecule has 1 aromatic heterocycles. The molecule has 0 bridgehead atoms. The SMILES string of the molecule is CCN(CC)CC[n+]1c2ccccc2c(Cl)c2ccccc21. The quantitative estimate of drug-likeness (QED) is 0.504. The molecule has 0 aliphatic carbocycles. The van der Waals surface area contributed by atoms with Crippen LogP contribution in [0.1, 0.15) is 13.8 Å². The van der Waals surface area contributed by atoms with E-state index in [4.69, 9.17) is 11.6 Å². The van der Waals surface area contributed by atoms with Crippen LogP contribution in [0.3, 0.4) is 0 Å². The highest BCUT2D eigenvalue weighted by Gasteiger charge is 2.19. The average molecular weight is 314 g/mol. The predicted octanol–water partition coefficient (Wildman–Crippen LogP) is 4.28. The van der Waals surface area contributed by atoms with Gasteiger partial charge in [0.05, 0.1) is 22.3 Å². The Morgan fingerprint density at radius 3 is 1.86 bits per heavy atom. The van der Waals surface area contributed by atoms with Crippen molar-refractivity contribution < 1.29 is 4.57 Å². The van der Waals surface area contributed by atoms with Gasteiger partial charge in [0.15, 0.2) is 6.54 Å². The number of pyridine rings is 1. The molecule has 0 N–H and O–H groups in total. The fraction of sp³-hybridized carbons (Fsp3) is 0.316. The maximum absolute atomic E-state index is 6.64. The van der Waals surface area contributed by atoms with Gasteiger partial charge in [0.1, 0.15) is 0 Å². The van der Waals surface area contributed by atoms with Crippen LogP contribution in [0, 0.1) is 0 Å². The lowest BCUT2D eigenvalue weighted by Crippen LogP contribution is -2.42. The lowest BCUT2D eigenvalue weighted by Gasteiger charge is -2.16. The minimum atomic E-state index is 0.852.